The molecular formula is C10H11Cl2F3N3O+. The molecule has 19 heavy (non-hydrogen) atoms. The predicted octanol–water partition coefficient (Wildman–Crippen LogP) is 1.94. The van der Waals surface area contributed by atoms with Crippen LogP contribution in [0.25, 0.3) is 0 Å². The van der Waals surface area contributed by atoms with Crippen molar-refractivity contribution in [2.45, 2.75) is 6.18 Å². The second-order valence-corrected chi connectivity index (χ2v) is 4.19. The number of H-pyrrole nitrogens is 1. The highest BCUT2D eigenvalue weighted by molar-refractivity contribution is 6.32. The summed E-state index contributed by atoms with van der Waals surface area (Å²) in [6.07, 6.45) is -3.64. The predicted molar refractivity (Wildman–Crippen MR) is 65.2 cm³/mol. The summed E-state index contributed by atoms with van der Waals surface area (Å²) >= 11 is 11.0. The van der Waals surface area contributed by atoms with Gasteiger partial charge in [0.25, 0.3) is 5.82 Å². The van der Waals surface area contributed by atoms with Crippen molar-refractivity contribution in [2.24, 2.45) is 0 Å². The van der Waals surface area contributed by atoms with Gasteiger partial charge >= 0.3 is 6.18 Å². The Labute approximate surface area is 117 Å². The monoisotopic (exact) mass is 316 g/mol. The third kappa shape index (κ3) is 5.12. The molecule has 1 aromatic heterocycles. The van der Waals surface area contributed by atoms with Crippen LogP contribution in [0, 0.1) is 0 Å². The standard InChI is InChI=1S/C10H10Cl2F3N3O/c11-4-8(19)16-1-2-17-9-7(12)3-6(5-18-9)10(13,14)15/h3,5H,1-2,4H2,(H,16,19)(H,17,18)/p+1. The fourth-order valence-corrected chi connectivity index (χ4v) is 1.54. The van der Waals surface area contributed by atoms with Gasteiger partial charge < -0.3 is 5.32 Å². The maximum absolute atomic E-state index is 12.4. The van der Waals surface area contributed by atoms with Gasteiger partial charge in [-0.2, -0.15) is 13.2 Å². The van der Waals surface area contributed by atoms with Crippen molar-refractivity contribution < 1.29 is 22.9 Å². The van der Waals surface area contributed by atoms with Gasteiger partial charge in [0, 0.05) is 0 Å². The number of nitrogens with one attached hydrogen (secondary N) is 3. The van der Waals surface area contributed by atoms with E-state index in [0.717, 1.165) is 12.3 Å². The van der Waals surface area contributed by atoms with Gasteiger partial charge in [-0.3, -0.25) is 10.1 Å². The molecule has 0 aliphatic carbocycles. The van der Waals surface area contributed by atoms with Crippen molar-refractivity contribution in [1.82, 2.24) is 5.32 Å². The number of pyridine rings is 1. The van der Waals surface area contributed by atoms with Crippen LogP contribution in [0.2, 0.25) is 5.02 Å². The van der Waals surface area contributed by atoms with E-state index < -0.39 is 11.7 Å². The van der Waals surface area contributed by atoms with Gasteiger partial charge in [-0.05, 0) is 6.07 Å². The summed E-state index contributed by atoms with van der Waals surface area (Å²) in [5.41, 5.74) is -0.863. The third-order valence-corrected chi connectivity index (χ3v) is 2.63. The Hall–Kier alpha value is -1.21. The number of aromatic amines is 1. The Morgan fingerprint density at radius 1 is 1.37 bits per heavy atom. The molecule has 1 amide bonds. The van der Waals surface area contributed by atoms with Crippen LogP contribution >= 0.6 is 23.2 Å². The zero-order valence-corrected chi connectivity index (χ0v) is 11.1. The van der Waals surface area contributed by atoms with Crippen LogP contribution in [0.15, 0.2) is 12.3 Å². The first-order chi connectivity index (χ1) is 8.84. The van der Waals surface area contributed by atoms with Crippen molar-refractivity contribution in [1.29, 1.82) is 0 Å². The molecule has 0 radical (unpaired) electrons. The highest BCUT2D eigenvalue weighted by atomic mass is 35.5. The Kier molecular flexibility index (Phi) is 5.68. The lowest BCUT2D eigenvalue weighted by atomic mass is 10.3. The van der Waals surface area contributed by atoms with Gasteiger partial charge in [-0.15, -0.1) is 11.6 Å². The van der Waals surface area contributed by atoms with E-state index in [4.69, 9.17) is 23.2 Å². The van der Waals surface area contributed by atoms with Crippen molar-refractivity contribution >= 4 is 34.9 Å². The number of rotatable bonds is 5. The first-order valence-electron chi connectivity index (χ1n) is 5.19. The zero-order chi connectivity index (χ0) is 14.5. The van der Waals surface area contributed by atoms with E-state index >= 15 is 0 Å². The molecule has 9 heteroatoms. The average molecular weight is 317 g/mol. The number of carbonyl (C=O) groups is 1. The third-order valence-electron chi connectivity index (χ3n) is 2.09. The normalized spacial score (nSPS) is 11.2. The highest BCUT2D eigenvalue weighted by Gasteiger charge is 2.32. The van der Waals surface area contributed by atoms with Crippen LogP contribution in [0.5, 0.6) is 0 Å². The quantitative estimate of drug-likeness (QED) is 0.644. The Morgan fingerprint density at radius 3 is 2.58 bits per heavy atom. The Balaban J connectivity index is 2.54. The topological polar surface area (TPSA) is 55.3 Å². The molecule has 0 fully saturated rings. The van der Waals surface area contributed by atoms with E-state index in [2.05, 4.69) is 15.6 Å². The summed E-state index contributed by atoms with van der Waals surface area (Å²) in [7, 11) is 0. The van der Waals surface area contributed by atoms with Crippen LogP contribution in [0.1, 0.15) is 5.56 Å². The van der Waals surface area contributed by atoms with Crippen LogP contribution in [-0.4, -0.2) is 24.9 Å². The minimum atomic E-state index is -4.45. The number of aromatic nitrogens is 1. The van der Waals surface area contributed by atoms with Gasteiger partial charge in [0.15, 0.2) is 0 Å². The highest BCUT2D eigenvalue weighted by Crippen LogP contribution is 2.30. The van der Waals surface area contributed by atoms with Gasteiger partial charge in [-0.1, -0.05) is 11.6 Å². The van der Waals surface area contributed by atoms with E-state index in [9.17, 15) is 18.0 Å². The van der Waals surface area contributed by atoms with E-state index in [1.165, 1.54) is 0 Å². The number of amides is 1. The summed E-state index contributed by atoms with van der Waals surface area (Å²) in [5, 5.41) is 5.16. The number of anilines is 1. The fourth-order valence-electron chi connectivity index (χ4n) is 1.21. The van der Waals surface area contributed by atoms with E-state index in [0.29, 0.717) is 6.54 Å². The van der Waals surface area contributed by atoms with Crippen LogP contribution in [-0.2, 0) is 11.0 Å². The molecule has 0 spiro atoms. The van der Waals surface area contributed by atoms with Gasteiger partial charge in [-0.25, -0.2) is 4.98 Å². The van der Waals surface area contributed by atoms with Crippen LogP contribution in [0.3, 0.4) is 0 Å². The Bertz CT molecular complexity index is 454. The van der Waals surface area contributed by atoms with Gasteiger partial charge in [0.2, 0.25) is 5.91 Å². The van der Waals surface area contributed by atoms with E-state index in [1.807, 2.05) is 0 Å². The molecule has 0 aliphatic heterocycles. The molecule has 1 rings (SSSR count). The zero-order valence-electron chi connectivity index (χ0n) is 9.57. The fraction of sp³-hybridized carbons (Fsp3) is 0.400. The van der Waals surface area contributed by atoms with Crippen LogP contribution < -0.4 is 15.6 Å². The first-order valence-corrected chi connectivity index (χ1v) is 6.11. The molecular weight excluding hydrogens is 306 g/mol. The lowest BCUT2D eigenvalue weighted by molar-refractivity contribution is -0.364. The molecule has 1 heterocycles. The lowest BCUT2D eigenvalue weighted by Crippen LogP contribution is -2.30. The molecule has 0 aromatic carbocycles. The molecule has 0 unspecified atom stereocenters. The van der Waals surface area contributed by atoms with Crippen molar-refractivity contribution in [3.8, 4) is 0 Å². The summed E-state index contributed by atoms with van der Waals surface area (Å²) in [6, 6.07) is 0.817. The smallest absolute Gasteiger partial charge is 0.351 e. The summed E-state index contributed by atoms with van der Waals surface area (Å²) in [6.45, 7) is 0.570. The molecule has 1 aromatic rings. The minimum Gasteiger partial charge on any atom is -0.351 e. The van der Waals surface area contributed by atoms with E-state index in [1.54, 1.807) is 0 Å². The molecule has 0 aliphatic rings. The van der Waals surface area contributed by atoms with Crippen molar-refractivity contribution in [3.05, 3.63) is 22.8 Å². The average Bonchev–Trinajstić information content (AvgIpc) is 2.34. The number of alkyl halides is 4. The van der Waals surface area contributed by atoms with Crippen molar-refractivity contribution in [2.75, 3.05) is 24.3 Å². The number of hydrogen-bond acceptors (Lipinski definition) is 2. The molecule has 0 saturated carbocycles. The maximum Gasteiger partial charge on any atom is 0.419 e. The van der Waals surface area contributed by atoms with Crippen LogP contribution in [0.4, 0.5) is 19.0 Å². The number of carbonyl (C=O) groups excluding carboxylic acids is 1. The SMILES string of the molecule is O=C(CCl)NCCNc1[nH+]cc(C(F)(F)F)cc1Cl. The number of halogens is 5. The maximum atomic E-state index is 12.4. The molecule has 3 N–H and O–H groups in total. The molecule has 106 valence electrons. The summed E-state index contributed by atoms with van der Waals surface area (Å²) in [5.74, 6) is -0.228. The molecule has 0 atom stereocenters. The second-order valence-electron chi connectivity index (χ2n) is 3.52. The summed E-state index contributed by atoms with van der Waals surface area (Å²) in [4.78, 5) is 13.2. The molecule has 0 saturated heterocycles. The number of hydrogen-bond donors (Lipinski definition) is 2. The Morgan fingerprint density at radius 2 is 2.05 bits per heavy atom. The first kappa shape index (κ1) is 15.8. The molecule has 4 nitrogen and oxygen atoms in total. The van der Waals surface area contributed by atoms with Gasteiger partial charge in [0.05, 0.1) is 12.1 Å². The lowest BCUT2D eigenvalue weighted by Gasteiger charge is -2.07. The van der Waals surface area contributed by atoms with Crippen molar-refractivity contribution in [3.63, 3.8) is 0 Å². The molecule has 0 bridgehead atoms. The van der Waals surface area contributed by atoms with Gasteiger partial charge in [0.1, 0.15) is 23.6 Å². The summed E-state index contributed by atoms with van der Waals surface area (Å²) < 4.78 is 37.1. The second kappa shape index (κ2) is 6.81. The van der Waals surface area contributed by atoms with E-state index in [-0.39, 0.29) is 29.2 Å². The minimum absolute atomic E-state index is 0.0847. The largest absolute Gasteiger partial charge is 0.419 e.